The summed E-state index contributed by atoms with van der Waals surface area (Å²) >= 11 is 0. The normalized spacial score (nSPS) is 18.2. The fourth-order valence-electron chi connectivity index (χ4n) is 2.35. The van der Waals surface area contributed by atoms with E-state index in [-0.39, 0.29) is 6.29 Å². The Balaban J connectivity index is 1.83. The molecule has 0 aliphatic heterocycles. The minimum absolute atomic E-state index is 0.196. The first-order valence-electron chi connectivity index (χ1n) is 7.23. The number of hydrogen-bond acceptors (Lipinski definition) is 4. The van der Waals surface area contributed by atoms with Gasteiger partial charge in [0.2, 0.25) is 0 Å². The predicted octanol–water partition coefficient (Wildman–Crippen LogP) is 1.44. The van der Waals surface area contributed by atoms with E-state index < -0.39 is 9.76 Å². The summed E-state index contributed by atoms with van der Waals surface area (Å²) in [5, 5.41) is 3.66. The van der Waals surface area contributed by atoms with E-state index in [2.05, 4.69) is 5.32 Å². The lowest BCUT2D eigenvalue weighted by molar-refractivity contribution is -0.121. The van der Waals surface area contributed by atoms with Gasteiger partial charge in [0.05, 0.1) is 6.61 Å². The van der Waals surface area contributed by atoms with Crippen LogP contribution < -0.4 is 5.32 Å². The molecule has 0 aromatic carbocycles. The van der Waals surface area contributed by atoms with Crippen LogP contribution in [-0.2, 0) is 13.9 Å². The summed E-state index contributed by atoms with van der Waals surface area (Å²) in [6.45, 7) is 1.73. The average molecular weight is 275 g/mol. The topological polar surface area (TPSA) is 39.7 Å². The summed E-state index contributed by atoms with van der Waals surface area (Å²) < 4.78 is 15.8. The van der Waals surface area contributed by atoms with Gasteiger partial charge in [-0.2, -0.15) is 0 Å². The highest BCUT2D eigenvalue weighted by Gasteiger charge is 2.11. The molecule has 0 radical (unpaired) electrons. The Labute approximate surface area is 114 Å². The molecule has 0 spiro atoms. The third kappa shape index (κ3) is 7.48. The second kappa shape index (κ2) is 10.9. The zero-order chi connectivity index (χ0) is 13.1. The van der Waals surface area contributed by atoms with E-state index in [4.69, 9.17) is 13.9 Å². The zero-order valence-corrected chi connectivity index (χ0v) is 13.4. The van der Waals surface area contributed by atoms with Gasteiger partial charge in [-0.1, -0.05) is 19.3 Å². The van der Waals surface area contributed by atoms with Crippen LogP contribution in [0.4, 0.5) is 0 Å². The van der Waals surface area contributed by atoms with Gasteiger partial charge in [0, 0.05) is 20.3 Å². The van der Waals surface area contributed by atoms with Crippen LogP contribution in [0.3, 0.4) is 0 Å². The van der Waals surface area contributed by atoms with Gasteiger partial charge in [0.25, 0.3) is 0 Å². The predicted molar refractivity (Wildman–Crippen MR) is 76.6 cm³/mol. The number of rotatable bonds is 10. The smallest absolute Gasteiger partial charge is 0.178 e. The summed E-state index contributed by atoms with van der Waals surface area (Å²) in [6.07, 6.45) is 8.04. The molecule has 1 N–H and O–H groups in total. The van der Waals surface area contributed by atoms with Gasteiger partial charge in [0.1, 0.15) is 0 Å². The second-order valence-corrected chi connectivity index (χ2v) is 6.50. The zero-order valence-electron chi connectivity index (χ0n) is 12.0. The third-order valence-electron chi connectivity index (χ3n) is 3.53. The van der Waals surface area contributed by atoms with Crippen molar-refractivity contribution in [2.24, 2.45) is 0 Å². The Kier molecular flexibility index (Phi) is 9.79. The molecular formula is C13H29NO3Si. The standard InChI is InChI=1S/C13H29NO3Si/c1-15-13(16-2)11-17-18-10-6-9-14-12-7-4-3-5-8-12/h12-14H,3-11,18H2,1-2H3. The van der Waals surface area contributed by atoms with E-state index in [0.29, 0.717) is 6.61 Å². The van der Waals surface area contributed by atoms with Crippen LogP contribution in [0, 0.1) is 0 Å². The fraction of sp³-hybridized carbons (Fsp3) is 1.00. The highest BCUT2D eigenvalue weighted by atomic mass is 28.2. The van der Waals surface area contributed by atoms with Crippen LogP contribution in [0.25, 0.3) is 0 Å². The molecule has 1 aliphatic rings. The van der Waals surface area contributed by atoms with Crippen molar-refractivity contribution in [3.8, 4) is 0 Å². The van der Waals surface area contributed by atoms with Gasteiger partial charge in [-0.05, 0) is 31.9 Å². The molecule has 108 valence electrons. The van der Waals surface area contributed by atoms with Crippen LogP contribution in [0.5, 0.6) is 0 Å². The van der Waals surface area contributed by atoms with Gasteiger partial charge < -0.3 is 19.2 Å². The molecule has 0 saturated heterocycles. The minimum atomic E-state index is -0.399. The maximum absolute atomic E-state index is 5.63. The summed E-state index contributed by atoms with van der Waals surface area (Å²) in [5.41, 5.74) is 0. The first-order chi connectivity index (χ1) is 8.86. The average Bonchev–Trinajstić information content (AvgIpc) is 2.43. The molecule has 5 heteroatoms. The summed E-state index contributed by atoms with van der Waals surface area (Å²) in [4.78, 5) is 0. The van der Waals surface area contributed by atoms with Gasteiger partial charge in [0.15, 0.2) is 16.1 Å². The molecule has 1 fully saturated rings. The molecule has 0 aromatic rings. The van der Waals surface area contributed by atoms with E-state index >= 15 is 0 Å². The number of nitrogens with one attached hydrogen (secondary N) is 1. The van der Waals surface area contributed by atoms with Crippen LogP contribution >= 0.6 is 0 Å². The fourth-order valence-corrected chi connectivity index (χ4v) is 3.37. The Hall–Kier alpha value is 0.0569. The molecule has 1 aliphatic carbocycles. The number of methoxy groups -OCH3 is 2. The van der Waals surface area contributed by atoms with Crippen molar-refractivity contribution in [2.75, 3.05) is 27.4 Å². The highest BCUT2D eigenvalue weighted by Crippen LogP contribution is 2.17. The largest absolute Gasteiger partial charge is 0.419 e. The third-order valence-corrected chi connectivity index (χ3v) is 4.85. The van der Waals surface area contributed by atoms with Gasteiger partial charge in [-0.25, -0.2) is 0 Å². The molecule has 0 heterocycles. The molecule has 0 unspecified atom stereocenters. The van der Waals surface area contributed by atoms with Gasteiger partial charge in [-0.3, -0.25) is 0 Å². The highest BCUT2D eigenvalue weighted by molar-refractivity contribution is 6.26. The van der Waals surface area contributed by atoms with Gasteiger partial charge >= 0.3 is 0 Å². The molecule has 0 atom stereocenters. The first-order valence-corrected chi connectivity index (χ1v) is 8.81. The van der Waals surface area contributed by atoms with Crippen LogP contribution in [0.2, 0.25) is 6.04 Å². The van der Waals surface area contributed by atoms with Crippen molar-refractivity contribution in [1.29, 1.82) is 0 Å². The first kappa shape index (κ1) is 16.1. The van der Waals surface area contributed by atoms with Crippen molar-refractivity contribution in [3.05, 3.63) is 0 Å². The molecule has 0 bridgehead atoms. The molecule has 18 heavy (non-hydrogen) atoms. The Bertz CT molecular complexity index is 185. The monoisotopic (exact) mass is 275 g/mol. The van der Waals surface area contributed by atoms with E-state index in [1.54, 1.807) is 14.2 Å². The van der Waals surface area contributed by atoms with Crippen molar-refractivity contribution in [1.82, 2.24) is 5.32 Å². The van der Waals surface area contributed by atoms with E-state index in [0.717, 1.165) is 12.6 Å². The van der Waals surface area contributed by atoms with Crippen LogP contribution in [0.15, 0.2) is 0 Å². The van der Waals surface area contributed by atoms with E-state index in [1.807, 2.05) is 0 Å². The quantitative estimate of drug-likeness (QED) is 0.372. The minimum Gasteiger partial charge on any atom is -0.419 e. The SMILES string of the molecule is COC(CO[SiH2]CCCNC1CCCCC1)OC. The summed E-state index contributed by atoms with van der Waals surface area (Å²) in [7, 11) is 2.89. The summed E-state index contributed by atoms with van der Waals surface area (Å²) in [6, 6.07) is 2.02. The van der Waals surface area contributed by atoms with Crippen molar-refractivity contribution >= 4 is 9.76 Å². The maximum atomic E-state index is 5.63. The molecule has 0 aromatic heterocycles. The Morgan fingerprint density at radius 2 is 1.89 bits per heavy atom. The van der Waals surface area contributed by atoms with Crippen molar-refractivity contribution in [3.63, 3.8) is 0 Å². The molecular weight excluding hydrogens is 246 g/mol. The Morgan fingerprint density at radius 3 is 2.56 bits per heavy atom. The Morgan fingerprint density at radius 1 is 1.17 bits per heavy atom. The second-order valence-electron chi connectivity index (χ2n) is 4.97. The summed E-state index contributed by atoms with van der Waals surface area (Å²) in [5.74, 6) is 0. The van der Waals surface area contributed by atoms with Crippen LogP contribution in [0.1, 0.15) is 38.5 Å². The lowest BCUT2D eigenvalue weighted by Gasteiger charge is -2.22. The number of ether oxygens (including phenoxy) is 2. The van der Waals surface area contributed by atoms with Crippen molar-refractivity contribution < 1.29 is 13.9 Å². The number of hydrogen-bond donors (Lipinski definition) is 1. The molecule has 0 amide bonds. The van der Waals surface area contributed by atoms with E-state index in [9.17, 15) is 0 Å². The lowest BCUT2D eigenvalue weighted by atomic mass is 9.95. The molecule has 4 nitrogen and oxygen atoms in total. The lowest BCUT2D eigenvalue weighted by Crippen LogP contribution is -2.31. The molecule has 1 saturated carbocycles. The van der Waals surface area contributed by atoms with E-state index in [1.165, 1.54) is 44.6 Å². The van der Waals surface area contributed by atoms with Crippen molar-refractivity contribution in [2.45, 2.75) is 56.9 Å². The maximum Gasteiger partial charge on any atom is 0.178 e. The molecule has 1 rings (SSSR count). The van der Waals surface area contributed by atoms with Crippen LogP contribution in [-0.4, -0.2) is 49.5 Å². The van der Waals surface area contributed by atoms with Gasteiger partial charge in [-0.15, -0.1) is 0 Å².